The largest absolute Gasteiger partial charge is 0.492 e. The van der Waals surface area contributed by atoms with Gasteiger partial charge in [0.05, 0.1) is 17.7 Å². The highest BCUT2D eigenvalue weighted by molar-refractivity contribution is 6.21. The van der Waals surface area contributed by atoms with Crippen LogP contribution < -0.4 is 4.74 Å². The van der Waals surface area contributed by atoms with Crippen molar-refractivity contribution in [1.82, 2.24) is 9.80 Å². The number of carbonyl (C=O) groups excluding carboxylic acids is 2. The van der Waals surface area contributed by atoms with Gasteiger partial charge in [0.2, 0.25) is 0 Å². The van der Waals surface area contributed by atoms with E-state index >= 15 is 0 Å². The average molecular weight is 393 g/mol. The van der Waals surface area contributed by atoms with Crippen LogP contribution in [0.15, 0.2) is 18.2 Å². The van der Waals surface area contributed by atoms with Gasteiger partial charge < -0.3 is 14.5 Å². The van der Waals surface area contributed by atoms with Crippen molar-refractivity contribution < 1.29 is 24.3 Å². The number of amides is 2. The summed E-state index contributed by atoms with van der Waals surface area (Å²) in [6.45, 7) is 7.45. The molecule has 0 aromatic heterocycles. The molecule has 0 bridgehead atoms. The molecule has 9 nitrogen and oxygen atoms in total. The Bertz CT molecular complexity index is 709. The SMILES string of the molecule is CCCCN(CC)CCOc1ccc2c(c1)C(=O)N(CCCO[N+](=O)[O-])C2=O. The molecule has 1 aliphatic rings. The van der Waals surface area contributed by atoms with Crippen molar-refractivity contribution in [3.8, 4) is 5.75 Å². The lowest BCUT2D eigenvalue weighted by molar-refractivity contribution is -0.757. The van der Waals surface area contributed by atoms with Crippen LogP contribution in [0, 0.1) is 10.1 Å². The fraction of sp³-hybridized carbons (Fsp3) is 0.579. The monoisotopic (exact) mass is 393 g/mol. The Hall–Kier alpha value is -2.68. The lowest BCUT2D eigenvalue weighted by Crippen LogP contribution is -2.31. The molecule has 0 saturated heterocycles. The molecule has 0 atom stereocenters. The first-order chi connectivity index (χ1) is 13.5. The van der Waals surface area contributed by atoms with Crippen LogP contribution in [0.1, 0.15) is 53.8 Å². The molecule has 154 valence electrons. The topological polar surface area (TPSA) is 102 Å². The first-order valence-electron chi connectivity index (χ1n) is 9.60. The second-order valence-corrected chi connectivity index (χ2v) is 6.52. The van der Waals surface area contributed by atoms with Crippen molar-refractivity contribution in [2.24, 2.45) is 0 Å². The Balaban J connectivity index is 1.90. The van der Waals surface area contributed by atoms with Gasteiger partial charge in [-0.3, -0.25) is 14.5 Å². The number of fused-ring (bicyclic) bond motifs is 1. The molecular weight excluding hydrogens is 366 g/mol. The Morgan fingerprint density at radius 2 is 1.82 bits per heavy atom. The highest BCUT2D eigenvalue weighted by Gasteiger charge is 2.35. The van der Waals surface area contributed by atoms with Crippen LogP contribution in [0.5, 0.6) is 5.75 Å². The molecule has 1 aromatic rings. The van der Waals surface area contributed by atoms with Crippen molar-refractivity contribution >= 4 is 11.8 Å². The molecule has 0 aliphatic carbocycles. The van der Waals surface area contributed by atoms with E-state index in [0.717, 1.165) is 37.4 Å². The number of rotatable bonds is 13. The number of imide groups is 1. The Morgan fingerprint density at radius 3 is 2.50 bits per heavy atom. The summed E-state index contributed by atoms with van der Waals surface area (Å²) in [4.78, 5) is 42.6. The molecule has 0 spiro atoms. The van der Waals surface area contributed by atoms with Crippen LogP contribution in [-0.2, 0) is 4.84 Å². The van der Waals surface area contributed by atoms with Gasteiger partial charge >= 0.3 is 0 Å². The van der Waals surface area contributed by atoms with Crippen LogP contribution >= 0.6 is 0 Å². The maximum atomic E-state index is 12.5. The van der Waals surface area contributed by atoms with Gasteiger partial charge in [0.1, 0.15) is 12.4 Å². The van der Waals surface area contributed by atoms with Gasteiger partial charge in [-0.1, -0.05) is 20.3 Å². The van der Waals surface area contributed by atoms with E-state index in [1.807, 2.05) is 0 Å². The van der Waals surface area contributed by atoms with E-state index < -0.39 is 16.9 Å². The molecule has 0 fully saturated rings. The second kappa shape index (κ2) is 10.6. The molecule has 0 radical (unpaired) electrons. The molecule has 28 heavy (non-hydrogen) atoms. The minimum Gasteiger partial charge on any atom is -0.492 e. The highest BCUT2D eigenvalue weighted by Crippen LogP contribution is 2.27. The standard InChI is InChI=1S/C19H27N3O6/c1-3-5-9-20(4-2)11-13-27-15-7-8-16-17(14-15)19(24)21(18(16)23)10-6-12-28-22(25)26/h7-8,14H,3-6,9-13H2,1-2H3. The molecule has 9 heteroatoms. The third-order valence-corrected chi connectivity index (χ3v) is 4.62. The molecule has 0 unspecified atom stereocenters. The molecule has 2 rings (SSSR count). The van der Waals surface area contributed by atoms with E-state index in [-0.39, 0.29) is 19.6 Å². The summed E-state index contributed by atoms with van der Waals surface area (Å²) in [5.41, 5.74) is 0.627. The molecule has 2 amide bonds. The summed E-state index contributed by atoms with van der Waals surface area (Å²) < 4.78 is 5.77. The number of ether oxygens (including phenoxy) is 1. The number of hydrogen-bond acceptors (Lipinski definition) is 7. The number of carbonyl (C=O) groups is 2. The van der Waals surface area contributed by atoms with Gasteiger partial charge in [-0.25, -0.2) is 0 Å². The predicted octanol–water partition coefficient (Wildman–Crippen LogP) is 2.38. The third kappa shape index (κ3) is 5.66. The first kappa shape index (κ1) is 21.6. The predicted molar refractivity (Wildman–Crippen MR) is 102 cm³/mol. The summed E-state index contributed by atoms with van der Waals surface area (Å²) >= 11 is 0. The molecule has 1 aliphatic heterocycles. The lowest BCUT2D eigenvalue weighted by Gasteiger charge is -2.20. The van der Waals surface area contributed by atoms with Crippen molar-refractivity contribution in [1.29, 1.82) is 0 Å². The van der Waals surface area contributed by atoms with Crippen molar-refractivity contribution in [2.75, 3.05) is 39.4 Å². The van der Waals surface area contributed by atoms with Crippen molar-refractivity contribution in [3.05, 3.63) is 39.4 Å². The number of nitrogens with zero attached hydrogens (tertiary/aromatic N) is 3. The number of hydrogen-bond donors (Lipinski definition) is 0. The zero-order chi connectivity index (χ0) is 20.5. The minimum absolute atomic E-state index is 0.0687. The van der Waals surface area contributed by atoms with Gasteiger partial charge in [0, 0.05) is 13.1 Å². The highest BCUT2D eigenvalue weighted by atomic mass is 16.9. The van der Waals surface area contributed by atoms with E-state index in [0.29, 0.717) is 23.5 Å². The van der Waals surface area contributed by atoms with E-state index in [1.54, 1.807) is 18.2 Å². The normalized spacial score (nSPS) is 13.2. The average Bonchev–Trinajstić information content (AvgIpc) is 2.91. The Kier molecular flexibility index (Phi) is 8.19. The summed E-state index contributed by atoms with van der Waals surface area (Å²) in [6, 6.07) is 4.87. The Labute approximate surface area is 164 Å². The zero-order valence-corrected chi connectivity index (χ0v) is 16.4. The maximum absolute atomic E-state index is 12.5. The van der Waals surface area contributed by atoms with Crippen LogP contribution in [0.3, 0.4) is 0 Å². The maximum Gasteiger partial charge on any atom is 0.294 e. The van der Waals surface area contributed by atoms with Crippen molar-refractivity contribution in [3.63, 3.8) is 0 Å². The minimum atomic E-state index is -0.895. The summed E-state index contributed by atoms with van der Waals surface area (Å²) in [7, 11) is 0. The summed E-state index contributed by atoms with van der Waals surface area (Å²) in [6.07, 6.45) is 2.49. The van der Waals surface area contributed by atoms with E-state index in [4.69, 9.17) is 4.74 Å². The first-order valence-corrected chi connectivity index (χ1v) is 9.60. The fourth-order valence-corrected chi connectivity index (χ4v) is 3.03. The fourth-order valence-electron chi connectivity index (χ4n) is 3.03. The van der Waals surface area contributed by atoms with Crippen LogP contribution in [-0.4, -0.2) is 66.1 Å². The molecule has 1 heterocycles. The van der Waals surface area contributed by atoms with Crippen LogP contribution in [0.25, 0.3) is 0 Å². The summed E-state index contributed by atoms with van der Waals surface area (Å²) in [5, 5.41) is 9.26. The molecular formula is C19H27N3O6. The van der Waals surface area contributed by atoms with Gasteiger partial charge in [0.15, 0.2) is 0 Å². The Morgan fingerprint density at radius 1 is 1.07 bits per heavy atom. The van der Waals surface area contributed by atoms with E-state index in [2.05, 4.69) is 23.6 Å². The lowest BCUT2D eigenvalue weighted by atomic mass is 10.1. The van der Waals surface area contributed by atoms with Gasteiger partial charge in [-0.05, 0) is 44.1 Å². The van der Waals surface area contributed by atoms with E-state index in [9.17, 15) is 19.7 Å². The second-order valence-electron chi connectivity index (χ2n) is 6.52. The van der Waals surface area contributed by atoms with Crippen LogP contribution in [0.2, 0.25) is 0 Å². The van der Waals surface area contributed by atoms with E-state index in [1.165, 1.54) is 0 Å². The third-order valence-electron chi connectivity index (χ3n) is 4.62. The van der Waals surface area contributed by atoms with Gasteiger partial charge in [-0.2, -0.15) is 0 Å². The smallest absolute Gasteiger partial charge is 0.294 e. The molecule has 1 aromatic carbocycles. The van der Waals surface area contributed by atoms with Crippen LogP contribution in [0.4, 0.5) is 0 Å². The number of likely N-dealkylation sites (N-methyl/N-ethyl adjacent to an activating group) is 1. The van der Waals surface area contributed by atoms with Gasteiger partial charge in [0.25, 0.3) is 16.9 Å². The number of unbranched alkanes of at least 4 members (excludes halogenated alkanes) is 1. The summed E-state index contributed by atoms with van der Waals surface area (Å²) in [5.74, 6) is -0.265. The molecule has 0 saturated carbocycles. The van der Waals surface area contributed by atoms with Crippen molar-refractivity contribution in [2.45, 2.75) is 33.1 Å². The van der Waals surface area contributed by atoms with Gasteiger partial charge in [-0.15, -0.1) is 10.1 Å². The zero-order valence-electron chi connectivity index (χ0n) is 16.4. The number of benzene rings is 1. The molecule has 0 N–H and O–H groups in total. The quantitative estimate of drug-likeness (QED) is 0.219.